The van der Waals surface area contributed by atoms with Crippen molar-refractivity contribution in [3.05, 3.63) is 65.2 Å². The van der Waals surface area contributed by atoms with Crippen molar-refractivity contribution in [3.8, 4) is 0 Å². The molecule has 2 heterocycles. The Morgan fingerprint density at radius 3 is 2.27 bits per heavy atom. The van der Waals surface area contributed by atoms with Gasteiger partial charge >= 0.3 is 6.03 Å². The normalized spacial score (nSPS) is 17.7. The molecular formula is C21H24N4O. The number of carbonyl (C=O) groups is 1. The maximum absolute atomic E-state index is 13.4. The molecule has 2 aromatic rings. The third-order valence-electron chi connectivity index (χ3n) is 5.54. The molecule has 0 aromatic heterocycles. The zero-order valence-corrected chi connectivity index (χ0v) is 14.9. The lowest BCUT2D eigenvalue weighted by Gasteiger charge is -2.36. The van der Waals surface area contributed by atoms with E-state index in [2.05, 4.69) is 47.6 Å². The second kappa shape index (κ2) is 7.28. The van der Waals surface area contributed by atoms with E-state index in [1.54, 1.807) is 0 Å². The minimum Gasteiger partial charge on any atom is -0.324 e. The molecule has 1 N–H and O–H groups in total. The van der Waals surface area contributed by atoms with Crippen LogP contribution in [-0.4, -0.2) is 30.1 Å². The highest BCUT2D eigenvalue weighted by Gasteiger charge is 2.29. The summed E-state index contributed by atoms with van der Waals surface area (Å²) in [5.74, 6) is 0. The molecule has 1 fully saturated rings. The molecular weight excluding hydrogens is 324 g/mol. The van der Waals surface area contributed by atoms with Crippen LogP contribution < -0.4 is 4.90 Å². The van der Waals surface area contributed by atoms with Gasteiger partial charge in [-0.1, -0.05) is 42.5 Å². The van der Waals surface area contributed by atoms with Crippen molar-refractivity contribution < 1.29 is 4.79 Å². The number of nitrogens with one attached hydrogen (secondary N) is 1. The number of rotatable bonds is 1. The predicted octanol–water partition coefficient (Wildman–Crippen LogP) is 4.41. The van der Waals surface area contributed by atoms with Gasteiger partial charge in [0.05, 0.1) is 12.6 Å². The molecule has 2 aliphatic heterocycles. The van der Waals surface area contributed by atoms with Crippen LogP contribution in [0.2, 0.25) is 0 Å². The highest BCUT2D eigenvalue weighted by Crippen LogP contribution is 2.30. The Bertz CT molecular complexity index is 811. The molecule has 1 saturated heterocycles. The number of hydrogen-bond acceptors (Lipinski definition) is 3. The van der Waals surface area contributed by atoms with Crippen molar-refractivity contribution >= 4 is 11.7 Å². The topological polar surface area (TPSA) is 59.8 Å². The molecule has 2 aromatic carbocycles. The van der Waals surface area contributed by atoms with E-state index in [1.807, 2.05) is 15.9 Å². The SMILES string of the molecule is N=NC1CCN(C(=O)N2Cc3ccccc3CCc3ccccc32)CC1. The van der Waals surface area contributed by atoms with Crippen molar-refractivity contribution in [1.29, 1.82) is 5.53 Å². The number of anilines is 1. The standard InChI is InChI=1S/C21H24N4O/c22-23-19-11-13-24(14-12-19)21(26)25-15-18-7-2-1-5-16(18)9-10-17-6-3-4-8-20(17)25/h1-8,19,22H,9-15H2. The van der Waals surface area contributed by atoms with Gasteiger partial charge in [-0.2, -0.15) is 5.11 Å². The molecule has 26 heavy (non-hydrogen) atoms. The molecule has 4 rings (SSSR count). The Morgan fingerprint density at radius 1 is 0.923 bits per heavy atom. The molecule has 2 aliphatic rings. The first kappa shape index (κ1) is 16.8. The highest BCUT2D eigenvalue weighted by atomic mass is 16.2. The minimum absolute atomic E-state index is 0.0672. The molecule has 0 aliphatic carbocycles. The maximum atomic E-state index is 13.4. The molecule has 0 spiro atoms. The summed E-state index contributed by atoms with van der Waals surface area (Å²) in [6.07, 6.45) is 3.50. The van der Waals surface area contributed by atoms with Gasteiger partial charge in [0, 0.05) is 18.8 Å². The minimum atomic E-state index is 0.0672. The second-order valence-electron chi connectivity index (χ2n) is 7.11. The van der Waals surface area contributed by atoms with Crippen molar-refractivity contribution in [2.45, 2.75) is 38.3 Å². The summed E-state index contributed by atoms with van der Waals surface area (Å²) in [4.78, 5) is 17.2. The number of likely N-dealkylation sites (tertiary alicyclic amines) is 1. The zero-order chi connectivity index (χ0) is 17.9. The van der Waals surface area contributed by atoms with Crippen molar-refractivity contribution in [3.63, 3.8) is 0 Å². The number of para-hydroxylation sites is 1. The van der Waals surface area contributed by atoms with E-state index < -0.39 is 0 Å². The number of benzene rings is 2. The van der Waals surface area contributed by atoms with Crippen LogP contribution in [-0.2, 0) is 19.4 Å². The first-order valence-corrected chi connectivity index (χ1v) is 9.34. The van der Waals surface area contributed by atoms with Crippen LogP contribution in [0.1, 0.15) is 29.5 Å². The molecule has 5 heteroatoms. The molecule has 2 amide bonds. The van der Waals surface area contributed by atoms with Gasteiger partial charge in [0.25, 0.3) is 0 Å². The molecule has 0 atom stereocenters. The molecule has 134 valence electrons. The third-order valence-corrected chi connectivity index (χ3v) is 5.54. The Hall–Kier alpha value is -2.69. The van der Waals surface area contributed by atoms with E-state index >= 15 is 0 Å². The fourth-order valence-electron chi connectivity index (χ4n) is 3.99. The molecule has 0 bridgehead atoms. The number of amides is 2. The number of urea groups is 1. The van der Waals surface area contributed by atoms with Gasteiger partial charge in [-0.25, -0.2) is 10.3 Å². The largest absolute Gasteiger partial charge is 0.324 e. The summed E-state index contributed by atoms with van der Waals surface area (Å²) in [5.41, 5.74) is 12.0. The van der Waals surface area contributed by atoms with Crippen LogP contribution in [0.25, 0.3) is 0 Å². The number of piperidine rings is 1. The van der Waals surface area contributed by atoms with E-state index in [0.29, 0.717) is 19.6 Å². The fraction of sp³-hybridized carbons (Fsp3) is 0.381. The van der Waals surface area contributed by atoms with Gasteiger partial charge in [-0.3, -0.25) is 4.90 Å². The van der Waals surface area contributed by atoms with Crippen LogP contribution in [0.15, 0.2) is 53.6 Å². The number of fused-ring (bicyclic) bond motifs is 2. The quantitative estimate of drug-likeness (QED) is 0.763. The number of carbonyl (C=O) groups excluding carboxylic acids is 1. The fourth-order valence-corrected chi connectivity index (χ4v) is 3.99. The summed E-state index contributed by atoms with van der Waals surface area (Å²) in [7, 11) is 0. The van der Waals surface area contributed by atoms with Crippen molar-refractivity contribution in [1.82, 2.24) is 4.90 Å². The van der Waals surface area contributed by atoms with Gasteiger partial charge in [-0.05, 0) is 48.4 Å². The molecule has 5 nitrogen and oxygen atoms in total. The van der Waals surface area contributed by atoms with E-state index in [4.69, 9.17) is 5.53 Å². The number of nitrogens with zero attached hydrogens (tertiary/aromatic N) is 3. The van der Waals surface area contributed by atoms with E-state index in [9.17, 15) is 4.79 Å². The Morgan fingerprint density at radius 2 is 1.54 bits per heavy atom. The third kappa shape index (κ3) is 3.21. The van der Waals surface area contributed by atoms with Crippen LogP contribution in [0.3, 0.4) is 0 Å². The summed E-state index contributed by atoms with van der Waals surface area (Å²) in [6, 6.07) is 16.8. The van der Waals surface area contributed by atoms with Crippen LogP contribution in [0.5, 0.6) is 0 Å². The summed E-state index contributed by atoms with van der Waals surface area (Å²) in [6.45, 7) is 1.95. The van der Waals surface area contributed by atoms with Gasteiger partial charge in [0.2, 0.25) is 0 Å². The van der Waals surface area contributed by atoms with E-state index in [0.717, 1.165) is 31.4 Å². The lowest BCUT2D eigenvalue weighted by atomic mass is 9.95. The van der Waals surface area contributed by atoms with E-state index in [1.165, 1.54) is 16.7 Å². The monoisotopic (exact) mass is 348 g/mol. The lowest BCUT2D eigenvalue weighted by molar-refractivity contribution is 0.187. The predicted molar refractivity (Wildman–Crippen MR) is 102 cm³/mol. The summed E-state index contributed by atoms with van der Waals surface area (Å²) >= 11 is 0. The van der Waals surface area contributed by atoms with E-state index in [-0.39, 0.29) is 12.1 Å². The Labute approximate surface area is 154 Å². The second-order valence-corrected chi connectivity index (χ2v) is 7.11. The van der Waals surface area contributed by atoms with Crippen molar-refractivity contribution in [2.24, 2.45) is 5.11 Å². The summed E-state index contributed by atoms with van der Waals surface area (Å²) < 4.78 is 0. The van der Waals surface area contributed by atoms with Gasteiger partial charge in [0.15, 0.2) is 0 Å². The highest BCUT2D eigenvalue weighted by molar-refractivity contribution is 5.93. The molecule has 0 radical (unpaired) electrons. The van der Waals surface area contributed by atoms with Gasteiger partial charge in [0.1, 0.15) is 0 Å². The van der Waals surface area contributed by atoms with Crippen LogP contribution >= 0.6 is 0 Å². The van der Waals surface area contributed by atoms with Crippen LogP contribution in [0.4, 0.5) is 10.5 Å². The molecule has 0 saturated carbocycles. The number of aryl methyl sites for hydroxylation is 2. The Kier molecular flexibility index (Phi) is 4.69. The lowest BCUT2D eigenvalue weighted by Crippen LogP contribution is -2.47. The van der Waals surface area contributed by atoms with Gasteiger partial charge in [-0.15, -0.1) is 0 Å². The average molecular weight is 348 g/mol. The maximum Gasteiger partial charge on any atom is 0.324 e. The summed E-state index contributed by atoms with van der Waals surface area (Å²) in [5, 5.41) is 3.65. The average Bonchev–Trinajstić information content (AvgIpc) is 2.69. The van der Waals surface area contributed by atoms with Crippen molar-refractivity contribution in [2.75, 3.05) is 18.0 Å². The smallest absolute Gasteiger partial charge is 0.324 e. The molecule has 0 unspecified atom stereocenters. The van der Waals surface area contributed by atoms with Crippen LogP contribution in [0, 0.1) is 5.53 Å². The first-order chi connectivity index (χ1) is 12.8. The number of hydrogen-bond donors (Lipinski definition) is 1. The Balaban J connectivity index is 1.66. The zero-order valence-electron chi connectivity index (χ0n) is 14.9. The first-order valence-electron chi connectivity index (χ1n) is 9.34. The van der Waals surface area contributed by atoms with Gasteiger partial charge < -0.3 is 4.90 Å².